The van der Waals surface area contributed by atoms with Crippen LogP contribution in [-0.4, -0.2) is 29.5 Å². The summed E-state index contributed by atoms with van der Waals surface area (Å²) in [5.74, 6) is 0.817. The molecule has 0 aliphatic carbocycles. The monoisotopic (exact) mass is 378 g/mol. The molecule has 3 rings (SSSR count). The van der Waals surface area contributed by atoms with Crippen LogP contribution in [0.1, 0.15) is 16.1 Å². The molecule has 0 fully saturated rings. The number of rotatable bonds is 7. The fourth-order valence-electron chi connectivity index (χ4n) is 2.77. The summed E-state index contributed by atoms with van der Waals surface area (Å²) >= 11 is 0. The summed E-state index contributed by atoms with van der Waals surface area (Å²) < 4.78 is 12.2. The van der Waals surface area contributed by atoms with E-state index in [0.717, 1.165) is 0 Å². The maximum atomic E-state index is 12.5. The maximum absolute atomic E-state index is 12.5. The van der Waals surface area contributed by atoms with E-state index >= 15 is 0 Å². The zero-order valence-electron chi connectivity index (χ0n) is 15.4. The van der Waals surface area contributed by atoms with Crippen LogP contribution in [0.3, 0.4) is 0 Å². The molecule has 0 spiro atoms. The molecule has 0 unspecified atom stereocenters. The molecule has 0 saturated heterocycles. The number of ether oxygens (including phenoxy) is 2. The Morgan fingerprint density at radius 2 is 1.82 bits per heavy atom. The van der Waals surface area contributed by atoms with Crippen LogP contribution in [0.2, 0.25) is 0 Å². The van der Waals surface area contributed by atoms with Crippen molar-refractivity contribution in [2.45, 2.75) is 0 Å². The minimum absolute atomic E-state index is 0.00235. The highest BCUT2D eigenvalue weighted by atomic mass is 16.6. The molecule has 0 bridgehead atoms. The van der Waals surface area contributed by atoms with Crippen LogP contribution in [0, 0.1) is 10.1 Å². The standard InChI is InChI=1S/C21H18N2O5/c1-27-20-11-8-15(13-21(20)28-2)19(24)10-9-16-7-4-12-22(16)17-5-3-6-18(14-17)23(25)26/h3-14H,1-2H3/b10-9+. The van der Waals surface area contributed by atoms with Gasteiger partial charge in [0.2, 0.25) is 0 Å². The minimum Gasteiger partial charge on any atom is -0.493 e. The number of nitrogens with zero attached hydrogens (tertiary/aromatic N) is 2. The Hall–Kier alpha value is -3.87. The molecule has 0 N–H and O–H groups in total. The SMILES string of the molecule is COc1ccc(C(=O)/C=C/c2cccn2-c2cccc([N+](=O)[O-])c2)cc1OC. The molecule has 28 heavy (non-hydrogen) atoms. The first kappa shape index (κ1) is 18.9. The van der Waals surface area contributed by atoms with Crippen LogP contribution in [0.5, 0.6) is 11.5 Å². The van der Waals surface area contributed by atoms with Crippen LogP contribution in [0.15, 0.2) is 66.9 Å². The number of ketones is 1. The summed E-state index contributed by atoms with van der Waals surface area (Å²) in [5.41, 5.74) is 1.82. The van der Waals surface area contributed by atoms with Crippen molar-refractivity contribution in [2.24, 2.45) is 0 Å². The lowest BCUT2D eigenvalue weighted by molar-refractivity contribution is -0.384. The Balaban J connectivity index is 1.86. The first-order valence-electron chi connectivity index (χ1n) is 8.40. The topological polar surface area (TPSA) is 83.6 Å². The molecule has 0 radical (unpaired) electrons. The van der Waals surface area contributed by atoms with Crippen LogP contribution < -0.4 is 9.47 Å². The predicted octanol–water partition coefficient (Wildman–Crippen LogP) is 4.30. The molecule has 3 aromatic rings. The summed E-state index contributed by atoms with van der Waals surface area (Å²) in [5, 5.41) is 11.0. The number of nitro benzene ring substituents is 1. The van der Waals surface area contributed by atoms with E-state index in [1.165, 1.54) is 32.4 Å². The Kier molecular flexibility index (Phi) is 5.55. The van der Waals surface area contributed by atoms with E-state index in [4.69, 9.17) is 9.47 Å². The van der Waals surface area contributed by atoms with E-state index in [1.54, 1.807) is 53.2 Å². The lowest BCUT2D eigenvalue weighted by Gasteiger charge is -2.08. The fourth-order valence-corrected chi connectivity index (χ4v) is 2.77. The molecule has 0 aliphatic heterocycles. The molecule has 7 heteroatoms. The number of carbonyl (C=O) groups is 1. The highest BCUT2D eigenvalue weighted by Crippen LogP contribution is 2.28. The molecule has 0 aliphatic rings. The second-order valence-electron chi connectivity index (χ2n) is 5.85. The van der Waals surface area contributed by atoms with E-state index in [2.05, 4.69) is 0 Å². The normalized spacial score (nSPS) is 10.8. The van der Waals surface area contributed by atoms with E-state index in [1.807, 2.05) is 6.07 Å². The van der Waals surface area contributed by atoms with E-state index in [9.17, 15) is 14.9 Å². The predicted molar refractivity (Wildman–Crippen MR) is 105 cm³/mol. The number of benzene rings is 2. The largest absolute Gasteiger partial charge is 0.493 e. The van der Waals surface area contributed by atoms with Gasteiger partial charge in [0.05, 0.1) is 24.8 Å². The summed E-state index contributed by atoms with van der Waals surface area (Å²) in [6.07, 6.45) is 4.89. The Morgan fingerprint density at radius 3 is 2.54 bits per heavy atom. The third-order valence-electron chi connectivity index (χ3n) is 4.17. The van der Waals surface area contributed by atoms with Crippen molar-refractivity contribution in [3.63, 3.8) is 0 Å². The number of aromatic nitrogens is 1. The van der Waals surface area contributed by atoms with Gasteiger partial charge in [0.1, 0.15) is 0 Å². The molecular formula is C21H18N2O5. The number of allylic oxidation sites excluding steroid dienone is 1. The second-order valence-corrected chi connectivity index (χ2v) is 5.85. The smallest absolute Gasteiger partial charge is 0.271 e. The third kappa shape index (κ3) is 3.93. The first-order valence-corrected chi connectivity index (χ1v) is 8.40. The van der Waals surface area contributed by atoms with Crippen molar-refractivity contribution in [1.29, 1.82) is 0 Å². The van der Waals surface area contributed by atoms with Gasteiger partial charge in [-0.25, -0.2) is 0 Å². The zero-order chi connectivity index (χ0) is 20.1. The van der Waals surface area contributed by atoms with Gasteiger partial charge in [-0.05, 0) is 48.6 Å². The van der Waals surface area contributed by atoms with Crippen LogP contribution in [0.4, 0.5) is 5.69 Å². The Bertz CT molecular complexity index is 1050. The highest BCUT2D eigenvalue weighted by molar-refractivity contribution is 6.07. The van der Waals surface area contributed by atoms with Gasteiger partial charge < -0.3 is 14.0 Å². The minimum atomic E-state index is -0.441. The quantitative estimate of drug-likeness (QED) is 0.265. The third-order valence-corrected chi connectivity index (χ3v) is 4.17. The van der Waals surface area contributed by atoms with Crippen molar-refractivity contribution in [1.82, 2.24) is 4.57 Å². The highest BCUT2D eigenvalue weighted by Gasteiger charge is 2.10. The van der Waals surface area contributed by atoms with Gasteiger partial charge in [-0.15, -0.1) is 0 Å². The Labute approximate surface area is 161 Å². The van der Waals surface area contributed by atoms with Crippen molar-refractivity contribution in [2.75, 3.05) is 14.2 Å². The number of non-ortho nitro benzene ring substituents is 1. The van der Waals surface area contributed by atoms with Crippen molar-refractivity contribution in [3.05, 3.63) is 88.2 Å². The van der Waals surface area contributed by atoms with Gasteiger partial charge in [0, 0.05) is 29.6 Å². The van der Waals surface area contributed by atoms with Crippen molar-refractivity contribution < 1.29 is 19.2 Å². The average Bonchev–Trinajstić information content (AvgIpc) is 3.20. The molecule has 1 aromatic heterocycles. The van der Waals surface area contributed by atoms with E-state index in [0.29, 0.717) is 28.4 Å². The molecule has 2 aromatic carbocycles. The molecule has 142 valence electrons. The van der Waals surface area contributed by atoms with Crippen molar-refractivity contribution in [3.8, 4) is 17.2 Å². The van der Waals surface area contributed by atoms with Gasteiger partial charge in [-0.1, -0.05) is 6.07 Å². The number of hydrogen-bond acceptors (Lipinski definition) is 5. The van der Waals surface area contributed by atoms with Crippen LogP contribution >= 0.6 is 0 Å². The van der Waals surface area contributed by atoms with Gasteiger partial charge in [0.25, 0.3) is 5.69 Å². The maximum Gasteiger partial charge on any atom is 0.271 e. The molecule has 0 atom stereocenters. The molecule has 0 amide bonds. The first-order chi connectivity index (χ1) is 13.5. The molecule has 7 nitrogen and oxygen atoms in total. The number of methoxy groups -OCH3 is 2. The molecular weight excluding hydrogens is 360 g/mol. The summed E-state index contributed by atoms with van der Waals surface area (Å²) in [6, 6.07) is 14.9. The number of carbonyl (C=O) groups excluding carboxylic acids is 1. The zero-order valence-corrected chi connectivity index (χ0v) is 15.4. The summed E-state index contributed by atoms with van der Waals surface area (Å²) in [4.78, 5) is 23.1. The van der Waals surface area contributed by atoms with Crippen LogP contribution in [0.25, 0.3) is 11.8 Å². The van der Waals surface area contributed by atoms with Gasteiger partial charge >= 0.3 is 0 Å². The van der Waals surface area contributed by atoms with Gasteiger partial charge in [0.15, 0.2) is 17.3 Å². The Morgan fingerprint density at radius 1 is 1.04 bits per heavy atom. The molecule has 1 heterocycles. The second kappa shape index (κ2) is 8.22. The lowest BCUT2D eigenvalue weighted by Crippen LogP contribution is -1.99. The fraction of sp³-hybridized carbons (Fsp3) is 0.0952. The summed E-state index contributed by atoms with van der Waals surface area (Å²) in [6.45, 7) is 0. The summed E-state index contributed by atoms with van der Waals surface area (Å²) in [7, 11) is 3.04. The molecule has 0 saturated carbocycles. The average molecular weight is 378 g/mol. The van der Waals surface area contributed by atoms with Crippen LogP contribution in [-0.2, 0) is 0 Å². The van der Waals surface area contributed by atoms with E-state index < -0.39 is 4.92 Å². The number of hydrogen-bond donors (Lipinski definition) is 0. The van der Waals surface area contributed by atoms with Crippen molar-refractivity contribution >= 4 is 17.5 Å². The van der Waals surface area contributed by atoms with Gasteiger partial charge in [-0.3, -0.25) is 14.9 Å². The number of nitro groups is 1. The van der Waals surface area contributed by atoms with E-state index in [-0.39, 0.29) is 11.5 Å². The van der Waals surface area contributed by atoms with Gasteiger partial charge in [-0.2, -0.15) is 0 Å². The lowest BCUT2D eigenvalue weighted by atomic mass is 10.1.